The van der Waals surface area contributed by atoms with E-state index in [1.54, 1.807) is 6.07 Å². The average molecular weight is 430 g/mol. The number of fused-ring (bicyclic) bond motifs is 1. The van der Waals surface area contributed by atoms with Gasteiger partial charge < -0.3 is 15.2 Å². The Hall–Kier alpha value is -1.85. The summed E-state index contributed by atoms with van der Waals surface area (Å²) in [6.45, 7) is 1.37. The summed E-state index contributed by atoms with van der Waals surface area (Å²) in [6.07, 6.45) is 5.22. The number of hydrogen-bond donors (Lipinski definition) is 1. The number of amides is 1. The lowest BCUT2D eigenvalue weighted by Gasteiger charge is -2.27. The quantitative estimate of drug-likeness (QED) is 0.766. The SMILES string of the molecule is NC(=O)c1ccc(OC[C@@H]2CCCO2)cc1[C@@H]1CCc2cc(Br)ccc2C1. The van der Waals surface area contributed by atoms with Crippen molar-refractivity contribution in [1.82, 2.24) is 0 Å². The van der Waals surface area contributed by atoms with E-state index in [4.69, 9.17) is 15.2 Å². The Kier molecular flexibility index (Phi) is 5.50. The van der Waals surface area contributed by atoms with Gasteiger partial charge in [-0.15, -0.1) is 0 Å². The van der Waals surface area contributed by atoms with E-state index in [1.165, 1.54) is 11.1 Å². The summed E-state index contributed by atoms with van der Waals surface area (Å²) < 4.78 is 12.7. The second kappa shape index (κ2) is 8.03. The molecule has 0 aromatic heterocycles. The molecule has 0 radical (unpaired) electrons. The largest absolute Gasteiger partial charge is 0.491 e. The molecule has 1 aliphatic carbocycles. The van der Waals surface area contributed by atoms with Gasteiger partial charge >= 0.3 is 0 Å². The number of halogens is 1. The molecule has 27 heavy (non-hydrogen) atoms. The molecule has 1 amide bonds. The Balaban J connectivity index is 1.57. The molecule has 1 saturated heterocycles. The maximum atomic E-state index is 12.0. The minimum Gasteiger partial charge on any atom is -0.491 e. The summed E-state index contributed by atoms with van der Waals surface area (Å²) in [6, 6.07) is 12.1. The van der Waals surface area contributed by atoms with Gasteiger partial charge in [-0.25, -0.2) is 0 Å². The van der Waals surface area contributed by atoms with Gasteiger partial charge in [0.1, 0.15) is 12.4 Å². The highest BCUT2D eigenvalue weighted by Crippen LogP contribution is 2.36. The second-order valence-electron chi connectivity index (χ2n) is 7.41. The Labute approximate surface area is 168 Å². The maximum Gasteiger partial charge on any atom is 0.248 e. The zero-order chi connectivity index (χ0) is 18.8. The minimum atomic E-state index is -0.378. The topological polar surface area (TPSA) is 61.6 Å². The first-order valence-corrected chi connectivity index (χ1v) is 10.3. The van der Waals surface area contributed by atoms with E-state index in [0.29, 0.717) is 12.2 Å². The number of benzene rings is 2. The zero-order valence-electron chi connectivity index (χ0n) is 15.2. The molecule has 2 atom stereocenters. The lowest BCUT2D eigenvalue weighted by molar-refractivity contribution is 0.0679. The van der Waals surface area contributed by atoms with Gasteiger partial charge in [-0.3, -0.25) is 4.79 Å². The van der Waals surface area contributed by atoms with Crippen LogP contribution in [-0.2, 0) is 17.6 Å². The summed E-state index contributed by atoms with van der Waals surface area (Å²) in [7, 11) is 0. The molecule has 142 valence electrons. The van der Waals surface area contributed by atoms with Crippen molar-refractivity contribution in [1.29, 1.82) is 0 Å². The van der Waals surface area contributed by atoms with Crippen molar-refractivity contribution in [2.45, 2.75) is 44.1 Å². The van der Waals surface area contributed by atoms with Crippen molar-refractivity contribution in [3.63, 3.8) is 0 Å². The molecule has 1 heterocycles. The van der Waals surface area contributed by atoms with Gasteiger partial charge in [0.15, 0.2) is 0 Å². The lowest BCUT2D eigenvalue weighted by atomic mass is 9.78. The molecule has 0 unspecified atom stereocenters. The zero-order valence-corrected chi connectivity index (χ0v) is 16.8. The van der Waals surface area contributed by atoms with Crippen molar-refractivity contribution in [2.24, 2.45) is 5.73 Å². The number of carbonyl (C=O) groups excluding carboxylic acids is 1. The van der Waals surface area contributed by atoms with Gasteiger partial charge in [-0.1, -0.05) is 22.0 Å². The van der Waals surface area contributed by atoms with Crippen LogP contribution in [0.1, 0.15) is 52.2 Å². The fraction of sp³-hybridized carbons (Fsp3) is 0.409. The molecule has 4 nitrogen and oxygen atoms in total. The van der Waals surface area contributed by atoms with Crippen LogP contribution in [0.15, 0.2) is 40.9 Å². The summed E-state index contributed by atoms with van der Waals surface area (Å²) in [5.74, 6) is 0.678. The Bertz CT molecular complexity index is 845. The van der Waals surface area contributed by atoms with E-state index in [1.807, 2.05) is 12.1 Å². The predicted octanol–water partition coefficient (Wildman–Crippen LogP) is 4.38. The van der Waals surface area contributed by atoms with Crippen LogP contribution in [0.4, 0.5) is 0 Å². The van der Waals surface area contributed by atoms with Crippen molar-refractivity contribution < 1.29 is 14.3 Å². The van der Waals surface area contributed by atoms with Crippen LogP contribution in [0, 0.1) is 0 Å². The van der Waals surface area contributed by atoms with Crippen molar-refractivity contribution in [3.8, 4) is 5.75 Å². The van der Waals surface area contributed by atoms with E-state index < -0.39 is 0 Å². The maximum absolute atomic E-state index is 12.0. The fourth-order valence-corrected chi connectivity index (χ4v) is 4.56. The molecule has 0 saturated carbocycles. The lowest BCUT2D eigenvalue weighted by Crippen LogP contribution is -2.20. The smallest absolute Gasteiger partial charge is 0.248 e. The molecular weight excluding hydrogens is 406 g/mol. The molecular formula is C22H24BrNO3. The van der Waals surface area contributed by atoms with Crippen LogP contribution in [-0.4, -0.2) is 25.2 Å². The highest BCUT2D eigenvalue weighted by molar-refractivity contribution is 9.10. The molecule has 1 aliphatic heterocycles. The van der Waals surface area contributed by atoms with Crippen molar-refractivity contribution in [2.75, 3.05) is 13.2 Å². The normalized spacial score (nSPS) is 21.7. The number of aryl methyl sites for hydroxylation is 1. The summed E-state index contributed by atoms with van der Waals surface area (Å²) in [4.78, 5) is 12.0. The molecule has 2 aliphatic rings. The van der Waals surface area contributed by atoms with Gasteiger partial charge in [0.25, 0.3) is 0 Å². The van der Waals surface area contributed by atoms with Crippen molar-refractivity contribution >= 4 is 21.8 Å². The highest BCUT2D eigenvalue weighted by Gasteiger charge is 2.25. The number of hydrogen-bond acceptors (Lipinski definition) is 3. The van der Waals surface area contributed by atoms with Crippen molar-refractivity contribution in [3.05, 3.63) is 63.1 Å². The Morgan fingerprint density at radius 1 is 1.19 bits per heavy atom. The van der Waals surface area contributed by atoms with E-state index in [9.17, 15) is 4.79 Å². The summed E-state index contributed by atoms with van der Waals surface area (Å²) in [5.41, 5.74) is 9.98. The third-order valence-electron chi connectivity index (χ3n) is 5.58. The monoisotopic (exact) mass is 429 g/mol. The highest BCUT2D eigenvalue weighted by atomic mass is 79.9. The van der Waals surface area contributed by atoms with Gasteiger partial charge in [-0.2, -0.15) is 0 Å². The average Bonchev–Trinajstić information content (AvgIpc) is 3.19. The number of rotatable bonds is 5. The van der Waals surface area contributed by atoms with Crippen LogP contribution in [0.3, 0.4) is 0 Å². The fourth-order valence-electron chi connectivity index (χ4n) is 4.15. The van der Waals surface area contributed by atoms with Crippen LogP contribution >= 0.6 is 15.9 Å². The molecule has 5 heteroatoms. The van der Waals surface area contributed by atoms with Crippen LogP contribution in [0.5, 0.6) is 5.75 Å². The third kappa shape index (κ3) is 4.19. The standard InChI is InChI=1S/C22H24BrNO3/c23-17-6-5-14-10-16(4-3-15(14)11-17)21-12-18(7-8-20(21)22(24)25)27-13-19-2-1-9-26-19/h5-8,11-12,16,19H,1-4,9-10,13H2,(H2,24,25)/t16-,19+/m1/s1. The molecule has 0 bridgehead atoms. The van der Waals surface area contributed by atoms with E-state index in [-0.39, 0.29) is 17.9 Å². The number of ether oxygens (including phenoxy) is 2. The number of primary amides is 1. The van der Waals surface area contributed by atoms with E-state index in [2.05, 4.69) is 34.1 Å². The first kappa shape index (κ1) is 18.5. The van der Waals surface area contributed by atoms with E-state index in [0.717, 1.165) is 54.5 Å². The minimum absolute atomic E-state index is 0.171. The second-order valence-corrected chi connectivity index (χ2v) is 8.33. The summed E-state index contributed by atoms with van der Waals surface area (Å²) in [5, 5.41) is 0. The molecule has 0 spiro atoms. The van der Waals surface area contributed by atoms with Gasteiger partial charge in [0, 0.05) is 16.6 Å². The third-order valence-corrected chi connectivity index (χ3v) is 6.08. The van der Waals surface area contributed by atoms with Crippen LogP contribution in [0.25, 0.3) is 0 Å². The molecule has 4 rings (SSSR count). The first-order chi connectivity index (χ1) is 13.1. The predicted molar refractivity (Wildman–Crippen MR) is 108 cm³/mol. The number of nitrogens with two attached hydrogens (primary N) is 1. The molecule has 2 aromatic carbocycles. The van der Waals surface area contributed by atoms with E-state index >= 15 is 0 Å². The van der Waals surface area contributed by atoms with Crippen LogP contribution in [0.2, 0.25) is 0 Å². The Morgan fingerprint density at radius 3 is 2.85 bits per heavy atom. The molecule has 1 fully saturated rings. The molecule has 2 aromatic rings. The molecule has 2 N–H and O–H groups in total. The van der Waals surface area contributed by atoms with Gasteiger partial charge in [0.2, 0.25) is 5.91 Å². The Morgan fingerprint density at radius 2 is 2.07 bits per heavy atom. The van der Waals surface area contributed by atoms with Gasteiger partial charge in [0.05, 0.1) is 6.10 Å². The summed E-state index contributed by atoms with van der Waals surface area (Å²) >= 11 is 3.55. The first-order valence-electron chi connectivity index (χ1n) is 9.55. The number of carbonyl (C=O) groups is 1. The van der Waals surface area contributed by atoms with Gasteiger partial charge in [-0.05, 0) is 85.0 Å². The van der Waals surface area contributed by atoms with Crippen LogP contribution < -0.4 is 10.5 Å².